The molecule has 0 saturated carbocycles. The second kappa shape index (κ2) is 5.81. The van der Waals surface area contributed by atoms with Crippen molar-refractivity contribution in [2.45, 2.75) is 6.61 Å². The van der Waals surface area contributed by atoms with Crippen LogP contribution in [-0.2, 0) is 11.3 Å². The van der Waals surface area contributed by atoms with Crippen LogP contribution in [0.1, 0.15) is 16.1 Å². The molecule has 1 N–H and O–H groups in total. The summed E-state index contributed by atoms with van der Waals surface area (Å²) in [6, 6.07) is 4.12. The highest BCUT2D eigenvalue weighted by molar-refractivity contribution is 6.34. The first-order chi connectivity index (χ1) is 9.13. The Bertz CT molecular complexity index is 580. The number of rotatable bonds is 4. The molecule has 0 fully saturated rings. The van der Waals surface area contributed by atoms with Crippen LogP contribution in [0.25, 0.3) is 0 Å². The number of ether oxygens (including phenoxy) is 1. The molecule has 2 rings (SSSR count). The maximum Gasteiger partial charge on any atom is 0.261 e. The van der Waals surface area contributed by atoms with Crippen molar-refractivity contribution in [2.75, 3.05) is 12.4 Å². The van der Waals surface area contributed by atoms with Gasteiger partial charge in [0, 0.05) is 7.11 Å². The molecule has 0 radical (unpaired) electrons. The molecule has 0 aliphatic rings. The van der Waals surface area contributed by atoms with Gasteiger partial charge in [0.2, 0.25) is 0 Å². The lowest BCUT2D eigenvalue weighted by Gasteiger charge is -2.07. The molecule has 0 aliphatic carbocycles. The van der Waals surface area contributed by atoms with Crippen LogP contribution < -0.4 is 5.32 Å². The molecule has 0 aliphatic heterocycles. The molecule has 1 heterocycles. The van der Waals surface area contributed by atoms with E-state index in [-0.39, 0.29) is 22.9 Å². The Morgan fingerprint density at radius 1 is 1.58 bits per heavy atom. The largest absolute Gasteiger partial charge is 0.378 e. The molecule has 0 bridgehead atoms. The van der Waals surface area contributed by atoms with E-state index in [4.69, 9.17) is 20.9 Å². The molecular formula is C12H10ClFN2O3. The van der Waals surface area contributed by atoms with Gasteiger partial charge in [0.25, 0.3) is 5.91 Å². The molecule has 1 aromatic carbocycles. The van der Waals surface area contributed by atoms with E-state index >= 15 is 0 Å². The highest BCUT2D eigenvalue weighted by Gasteiger charge is 2.18. The Morgan fingerprint density at radius 2 is 2.37 bits per heavy atom. The number of anilines is 1. The third-order valence-corrected chi connectivity index (χ3v) is 2.69. The van der Waals surface area contributed by atoms with E-state index in [0.29, 0.717) is 5.69 Å². The van der Waals surface area contributed by atoms with Gasteiger partial charge in [-0.2, -0.15) is 0 Å². The summed E-state index contributed by atoms with van der Waals surface area (Å²) in [5.41, 5.74) is 0.410. The summed E-state index contributed by atoms with van der Waals surface area (Å²) in [6.07, 6.45) is 1.17. The zero-order valence-electron chi connectivity index (χ0n) is 9.94. The standard InChI is InChI=1S/C12H10ClFN2O3/c1-18-6-10-7(5-19-16-10)12(17)15-11-8(13)3-2-4-9(11)14/h2-5H,6H2,1H3,(H,15,17). The number of para-hydroxylation sites is 1. The van der Waals surface area contributed by atoms with Crippen LogP contribution in [-0.4, -0.2) is 18.2 Å². The van der Waals surface area contributed by atoms with E-state index in [1.54, 1.807) is 0 Å². The van der Waals surface area contributed by atoms with E-state index in [9.17, 15) is 9.18 Å². The van der Waals surface area contributed by atoms with E-state index in [1.165, 1.54) is 31.6 Å². The highest BCUT2D eigenvalue weighted by Crippen LogP contribution is 2.25. The second-order valence-electron chi connectivity index (χ2n) is 3.66. The van der Waals surface area contributed by atoms with Crippen molar-refractivity contribution < 1.29 is 18.4 Å². The predicted octanol–water partition coefficient (Wildman–Crippen LogP) is 2.87. The lowest BCUT2D eigenvalue weighted by molar-refractivity contribution is 0.102. The summed E-state index contributed by atoms with van der Waals surface area (Å²) in [4.78, 5) is 12.0. The van der Waals surface area contributed by atoms with Crippen LogP contribution >= 0.6 is 11.6 Å². The summed E-state index contributed by atoms with van der Waals surface area (Å²) < 4.78 is 23.1. The first-order valence-electron chi connectivity index (χ1n) is 5.31. The number of benzene rings is 1. The minimum atomic E-state index is -0.620. The van der Waals surface area contributed by atoms with Gasteiger partial charge in [0.1, 0.15) is 23.3 Å². The smallest absolute Gasteiger partial charge is 0.261 e. The molecule has 2 aromatic rings. The number of aromatic nitrogens is 1. The van der Waals surface area contributed by atoms with Crippen LogP contribution in [0.4, 0.5) is 10.1 Å². The van der Waals surface area contributed by atoms with Crippen molar-refractivity contribution >= 4 is 23.2 Å². The summed E-state index contributed by atoms with van der Waals surface area (Å²) in [5, 5.41) is 6.11. The lowest BCUT2D eigenvalue weighted by Crippen LogP contribution is -2.15. The molecule has 19 heavy (non-hydrogen) atoms. The monoisotopic (exact) mass is 284 g/mol. The maximum atomic E-state index is 13.5. The predicted molar refractivity (Wildman–Crippen MR) is 66.6 cm³/mol. The zero-order valence-corrected chi connectivity index (χ0v) is 10.7. The third kappa shape index (κ3) is 2.91. The average molecular weight is 285 g/mol. The number of hydrogen-bond acceptors (Lipinski definition) is 4. The molecule has 100 valence electrons. The number of halogens is 2. The van der Waals surface area contributed by atoms with Crippen LogP contribution in [0.2, 0.25) is 5.02 Å². The van der Waals surface area contributed by atoms with Crippen molar-refractivity contribution in [1.82, 2.24) is 5.16 Å². The Morgan fingerprint density at radius 3 is 3.05 bits per heavy atom. The maximum absolute atomic E-state index is 13.5. The lowest BCUT2D eigenvalue weighted by atomic mass is 10.2. The number of methoxy groups -OCH3 is 1. The van der Waals surface area contributed by atoms with Gasteiger partial charge in [-0.05, 0) is 12.1 Å². The number of carbonyl (C=O) groups is 1. The topological polar surface area (TPSA) is 64.4 Å². The molecule has 7 heteroatoms. The fourth-order valence-electron chi connectivity index (χ4n) is 1.48. The molecule has 0 saturated heterocycles. The van der Waals surface area contributed by atoms with E-state index in [1.807, 2.05) is 0 Å². The summed E-state index contributed by atoms with van der Waals surface area (Å²) in [7, 11) is 1.46. The molecular weight excluding hydrogens is 275 g/mol. The van der Waals surface area contributed by atoms with E-state index in [2.05, 4.69) is 10.5 Å². The first kappa shape index (κ1) is 13.5. The summed E-state index contributed by atoms with van der Waals surface area (Å²) >= 11 is 5.82. The number of hydrogen-bond donors (Lipinski definition) is 1. The molecule has 1 amide bonds. The van der Waals surface area contributed by atoms with Gasteiger partial charge in [-0.3, -0.25) is 4.79 Å². The Kier molecular flexibility index (Phi) is 4.13. The van der Waals surface area contributed by atoms with Gasteiger partial charge >= 0.3 is 0 Å². The average Bonchev–Trinajstić information content (AvgIpc) is 2.83. The minimum Gasteiger partial charge on any atom is -0.378 e. The number of nitrogens with zero attached hydrogens (tertiary/aromatic N) is 1. The Labute approximate surface area is 113 Å². The summed E-state index contributed by atoms with van der Waals surface area (Å²) in [5.74, 6) is -1.19. The van der Waals surface area contributed by atoms with Crippen LogP contribution in [0.3, 0.4) is 0 Å². The SMILES string of the molecule is COCc1nocc1C(=O)Nc1c(F)cccc1Cl. The third-order valence-electron chi connectivity index (χ3n) is 2.37. The van der Waals surface area contributed by atoms with Gasteiger partial charge in [-0.1, -0.05) is 22.8 Å². The van der Waals surface area contributed by atoms with Crippen molar-refractivity contribution in [3.63, 3.8) is 0 Å². The van der Waals surface area contributed by atoms with Crippen LogP contribution in [0.15, 0.2) is 29.0 Å². The van der Waals surface area contributed by atoms with Gasteiger partial charge in [0.05, 0.1) is 17.3 Å². The number of carbonyl (C=O) groups excluding carboxylic acids is 1. The van der Waals surface area contributed by atoms with E-state index in [0.717, 1.165) is 0 Å². The summed E-state index contributed by atoms with van der Waals surface area (Å²) in [6.45, 7) is 0.115. The zero-order chi connectivity index (χ0) is 13.8. The van der Waals surface area contributed by atoms with Crippen LogP contribution in [0, 0.1) is 5.82 Å². The minimum absolute atomic E-state index is 0.0845. The molecule has 0 atom stereocenters. The Hall–Kier alpha value is -1.92. The van der Waals surface area contributed by atoms with Crippen molar-refractivity contribution in [2.24, 2.45) is 0 Å². The van der Waals surface area contributed by atoms with Gasteiger partial charge < -0.3 is 14.6 Å². The molecule has 0 spiro atoms. The van der Waals surface area contributed by atoms with Gasteiger partial charge in [-0.25, -0.2) is 4.39 Å². The first-order valence-corrected chi connectivity index (χ1v) is 5.69. The van der Waals surface area contributed by atoms with Crippen molar-refractivity contribution in [1.29, 1.82) is 0 Å². The highest BCUT2D eigenvalue weighted by atomic mass is 35.5. The van der Waals surface area contributed by atoms with Gasteiger partial charge in [0.15, 0.2) is 0 Å². The molecule has 1 aromatic heterocycles. The molecule has 0 unspecified atom stereocenters. The Balaban J connectivity index is 2.24. The van der Waals surface area contributed by atoms with Gasteiger partial charge in [-0.15, -0.1) is 0 Å². The normalized spacial score (nSPS) is 10.5. The fourth-order valence-corrected chi connectivity index (χ4v) is 1.69. The fraction of sp³-hybridized carbons (Fsp3) is 0.167. The van der Waals surface area contributed by atoms with Crippen LogP contribution in [0.5, 0.6) is 0 Å². The van der Waals surface area contributed by atoms with Crippen molar-refractivity contribution in [3.8, 4) is 0 Å². The quantitative estimate of drug-likeness (QED) is 0.937. The van der Waals surface area contributed by atoms with E-state index < -0.39 is 11.7 Å². The number of amides is 1. The second-order valence-corrected chi connectivity index (χ2v) is 4.07. The van der Waals surface area contributed by atoms with Crippen molar-refractivity contribution in [3.05, 3.63) is 46.6 Å². The number of nitrogens with one attached hydrogen (secondary N) is 1. The molecule has 5 nitrogen and oxygen atoms in total.